The Hall–Kier alpha value is 0.470. The average molecular weight is 348 g/mol. The second kappa shape index (κ2) is 8.03. The number of aliphatic hydroxyl groups is 1. The van der Waals surface area contributed by atoms with Gasteiger partial charge in [-0.15, -0.1) is 0 Å². The van der Waals surface area contributed by atoms with Crippen LogP contribution in [0.3, 0.4) is 0 Å². The summed E-state index contributed by atoms with van der Waals surface area (Å²) in [5.74, 6) is 0. The van der Waals surface area contributed by atoms with Crippen molar-refractivity contribution < 1.29 is 33.3 Å². The minimum absolute atomic E-state index is 0.101. The Bertz CT molecular complexity index is 418. The maximum atomic E-state index is 12.2. The van der Waals surface area contributed by atoms with E-state index in [1.165, 1.54) is 7.11 Å². The fourth-order valence-corrected chi connectivity index (χ4v) is 5.89. The van der Waals surface area contributed by atoms with Crippen LogP contribution >= 0.6 is 18.2 Å². The highest BCUT2D eigenvalue weighted by atomic mass is 32.7. The molecule has 0 aromatic rings. The highest BCUT2D eigenvalue weighted by Crippen LogP contribution is 2.60. The van der Waals surface area contributed by atoms with Gasteiger partial charge in [-0.05, 0) is 24.2 Å². The molecule has 0 aromatic heterocycles. The molecule has 122 valence electrons. The molecule has 7 nitrogen and oxygen atoms in total. The van der Waals surface area contributed by atoms with Crippen molar-refractivity contribution in [2.24, 2.45) is 0 Å². The summed E-state index contributed by atoms with van der Waals surface area (Å²) in [4.78, 5) is 9.95. The zero-order valence-electron chi connectivity index (χ0n) is 12.2. The number of rotatable bonds is 7. The Labute approximate surface area is 136 Å². The number of aliphatic hydroxyl groups excluding tert-OH is 1. The van der Waals surface area contributed by atoms with E-state index in [1.807, 2.05) is 0 Å². The van der Waals surface area contributed by atoms with Gasteiger partial charge in [0.25, 0.3) is 0 Å². The van der Waals surface area contributed by atoms with Crippen molar-refractivity contribution in [1.29, 1.82) is 0 Å². The predicted molar refractivity (Wildman–Crippen MR) is 83.1 cm³/mol. The topological polar surface area (TPSA) is 94.5 Å². The first-order valence-electron chi connectivity index (χ1n) is 6.96. The monoisotopic (exact) mass is 348 g/mol. The van der Waals surface area contributed by atoms with Gasteiger partial charge in [0.2, 0.25) is 0 Å². The number of hydrogen-bond acceptors (Lipinski definition) is 7. The molecule has 0 spiro atoms. The molecule has 0 bridgehead atoms. The molecular formula is C11H19B2O7PS. The maximum absolute atomic E-state index is 12.2. The van der Waals surface area contributed by atoms with Crippen LogP contribution in [0.2, 0.25) is 0 Å². The molecule has 2 heterocycles. The SMILES string of the molecule is [B][C@H]1CC(OC)[C@@H](COP(=O)(O)SC2C[C@H]([B])O[C@@H]2CO)O1. The molecule has 2 aliphatic rings. The molecule has 22 heavy (non-hydrogen) atoms. The Morgan fingerprint density at radius 1 is 1.27 bits per heavy atom. The van der Waals surface area contributed by atoms with E-state index in [9.17, 15) is 14.6 Å². The molecule has 7 atom stereocenters. The molecule has 0 amide bonds. The lowest BCUT2D eigenvalue weighted by atomic mass is 9.96. The Morgan fingerprint density at radius 2 is 1.91 bits per heavy atom. The van der Waals surface area contributed by atoms with Crippen LogP contribution in [0.4, 0.5) is 0 Å². The lowest BCUT2D eigenvalue weighted by Crippen LogP contribution is -2.28. The highest BCUT2D eigenvalue weighted by molar-refractivity contribution is 8.55. The Morgan fingerprint density at radius 3 is 2.55 bits per heavy atom. The van der Waals surface area contributed by atoms with Gasteiger partial charge >= 0.3 is 6.80 Å². The molecule has 0 aliphatic carbocycles. The lowest BCUT2D eigenvalue weighted by molar-refractivity contribution is -0.0156. The van der Waals surface area contributed by atoms with E-state index in [0.29, 0.717) is 12.8 Å². The second-order valence-corrected chi connectivity index (χ2v) is 9.29. The van der Waals surface area contributed by atoms with Crippen molar-refractivity contribution in [3.05, 3.63) is 0 Å². The largest absolute Gasteiger partial charge is 0.394 e. The summed E-state index contributed by atoms with van der Waals surface area (Å²) in [5, 5.41) is 8.79. The van der Waals surface area contributed by atoms with Gasteiger partial charge in [0.1, 0.15) is 21.8 Å². The van der Waals surface area contributed by atoms with Crippen molar-refractivity contribution in [1.82, 2.24) is 0 Å². The van der Waals surface area contributed by atoms with Gasteiger partial charge < -0.3 is 24.2 Å². The highest BCUT2D eigenvalue weighted by Gasteiger charge is 2.40. The van der Waals surface area contributed by atoms with Gasteiger partial charge in [0.15, 0.2) is 0 Å². The van der Waals surface area contributed by atoms with Gasteiger partial charge in [0.05, 0.1) is 25.4 Å². The molecular weight excluding hydrogens is 329 g/mol. The van der Waals surface area contributed by atoms with Crippen LogP contribution in [0, 0.1) is 0 Å². The van der Waals surface area contributed by atoms with E-state index in [0.717, 1.165) is 11.4 Å². The van der Waals surface area contributed by atoms with Crippen molar-refractivity contribution >= 4 is 33.9 Å². The van der Waals surface area contributed by atoms with Crippen LogP contribution in [0.5, 0.6) is 0 Å². The van der Waals surface area contributed by atoms with Crippen LogP contribution in [0.15, 0.2) is 0 Å². The van der Waals surface area contributed by atoms with Crippen LogP contribution < -0.4 is 0 Å². The van der Waals surface area contributed by atoms with Crippen LogP contribution in [0.1, 0.15) is 12.8 Å². The van der Waals surface area contributed by atoms with Crippen molar-refractivity contribution in [3.8, 4) is 0 Å². The van der Waals surface area contributed by atoms with Gasteiger partial charge in [-0.25, -0.2) is 4.57 Å². The molecule has 2 rings (SSSR count). The quantitative estimate of drug-likeness (QED) is 0.482. The molecule has 3 unspecified atom stereocenters. The summed E-state index contributed by atoms with van der Waals surface area (Å²) < 4.78 is 33.1. The normalized spacial score (nSPS) is 41.6. The fourth-order valence-electron chi connectivity index (χ4n) is 2.53. The smallest absolute Gasteiger partial charge is 0.387 e. The number of methoxy groups -OCH3 is 1. The first-order chi connectivity index (χ1) is 10.3. The summed E-state index contributed by atoms with van der Waals surface area (Å²) in [6.45, 7) is -4.30. The van der Waals surface area contributed by atoms with E-state index < -0.39 is 36.3 Å². The molecule has 2 fully saturated rings. The second-order valence-electron chi connectivity index (χ2n) is 5.26. The van der Waals surface area contributed by atoms with Gasteiger partial charge in [-0.1, -0.05) is 0 Å². The fraction of sp³-hybridized carbons (Fsp3) is 1.00. The Balaban J connectivity index is 1.84. The molecule has 11 heteroatoms. The molecule has 2 saturated heterocycles. The zero-order chi connectivity index (χ0) is 16.3. The standard InChI is InChI=1S/C11H19B2O7PS/c1-17-6-2-10(12)20-8(6)5-18-21(15,16)22-9-3-11(13)19-7(9)4-14/h6-11,14H,2-5H2,1H3,(H,15,16)/t6?,7-,8-,9?,10-,11-/m1/s1. The van der Waals surface area contributed by atoms with Gasteiger partial charge in [0, 0.05) is 24.4 Å². The molecule has 0 aromatic carbocycles. The zero-order valence-corrected chi connectivity index (χ0v) is 13.9. The van der Waals surface area contributed by atoms with Gasteiger partial charge in [-0.3, -0.25) is 4.52 Å². The van der Waals surface area contributed by atoms with Crippen molar-refractivity contribution in [3.63, 3.8) is 0 Å². The maximum Gasteiger partial charge on any atom is 0.387 e. The van der Waals surface area contributed by atoms with Crippen molar-refractivity contribution in [2.75, 3.05) is 20.3 Å². The molecule has 2 aliphatic heterocycles. The first kappa shape index (κ1) is 18.8. The average Bonchev–Trinajstić information content (AvgIpc) is 2.98. The third-order valence-corrected chi connectivity index (χ3v) is 7.05. The Kier molecular flexibility index (Phi) is 6.86. The summed E-state index contributed by atoms with van der Waals surface area (Å²) >= 11 is 0.735. The van der Waals surface area contributed by atoms with E-state index >= 15 is 0 Å². The van der Waals surface area contributed by atoms with Crippen LogP contribution in [0.25, 0.3) is 0 Å². The minimum atomic E-state index is -3.93. The van der Waals surface area contributed by atoms with E-state index in [2.05, 4.69) is 0 Å². The molecule has 4 radical (unpaired) electrons. The third-order valence-electron chi connectivity index (χ3n) is 3.61. The van der Waals surface area contributed by atoms with Gasteiger partial charge in [-0.2, -0.15) is 0 Å². The van der Waals surface area contributed by atoms with E-state index in [4.69, 9.17) is 34.4 Å². The van der Waals surface area contributed by atoms with E-state index in [1.54, 1.807) is 0 Å². The summed E-state index contributed by atoms with van der Waals surface area (Å²) in [7, 11) is 12.8. The third kappa shape index (κ3) is 4.98. The molecule has 2 N–H and O–H groups in total. The number of ether oxygens (including phenoxy) is 3. The van der Waals surface area contributed by atoms with Crippen LogP contribution in [-0.4, -0.2) is 81.6 Å². The van der Waals surface area contributed by atoms with Crippen molar-refractivity contribution in [2.45, 2.75) is 48.4 Å². The minimum Gasteiger partial charge on any atom is -0.394 e. The summed E-state index contributed by atoms with van der Waals surface area (Å²) in [5.41, 5.74) is 0. The summed E-state index contributed by atoms with van der Waals surface area (Å²) in [6.07, 6.45) is -0.460. The first-order valence-corrected chi connectivity index (χ1v) is 10.0. The van der Waals surface area contributed by atoms with Crippen LogP contribution in [-0.2, 0) is 23.3 Å². The van der Waals surface area contributed by atoms with E-state index in [-0.39, 0.29) is 19.3 Å². The number of hydrogen-bond donors (Lipinski definition) is 2. The molecule has 0 saturated carbocycles. The summed E-state index contributed by atoms with van der Waals surface area (Å²) in [6, 6.07) is -1.02. The predicted octanol–water partition coefficient (Wildman–Crippen LogP) is -0.221. The lowest BCUT2D eigenvalue weighted by Gasteiger charge is -2.22.